The van der Waals surface area contributed by atoms with Crippen LogP contribution in [0.1, 0.15) is 0 Å². The zero-order chi connectivity index (χ0) is 12.5. The molecular weight excluding hydrogens is 240 g/mol. The molecule has 0 heterocycles. The van der Waals surface area contributed by atoms with Crippen molar-refractivity contribution in [1.29, 1.82) is 0 Å². The molecule has 0 aliphatic rings. The van der Waals surface area contributed by atoms with E-state index in [-0.39, 0.29) is 10.6 Å². The fourth-order valence-electron chi connectivity index (χ4n) is 1.60. The van der Waals surface area contributed by atoms with Gasteiger partial charge in [-0.25, -0.2) is 0 Å². The lowest BCUT2D eigenvalue weighted by Gasteiger charge is -2.07. The summed E-state index contributed by atoms with van der Waals surface area (Å²) in [5.41, 5.74) is 0.879. The number of hydrogen-bond donors (Lipinski definition) is 2. The molecule has 2 aromatic rings. The van der Waals surface area contributed by atoms with Gasteiger partial charge in [0, 0.05) is 5.56 Å². The third-order valence-electron chi connectivity index (χ3n) is 2.32. The number of aromatic hydroxyl groups is 1. The second kappa shape index (κ2) is 4.20. The van der Waals surface area contributed by atoms with Gasteiger partial charge in [0.05, 0.1) is 0 Å². The van der Waals surface area contributed by atoms with Gasteiger partial charge in [-0.3, -0.25) is 4.55 Å². The zero-order valence-electron chi connectivity index (χ0n) is 8.74. The molecule has 0 saturated heterocycles. The van der Waals surface area contributed by atoms with E-state index in [9.17, 15) is 13.5 Å². The first kappa shape index (κ1) is 11.6. The number of hydrogen-bond acceptors (Lipinski definition) is 3. The standard InChI is InChI=1S/C12H10O4S/c13-10-5-3-4-9(8-10)11-6-1-2-7-12(11)17(14,15)16/h1-8,13H,(H,14,15,16). The maximum absolute atomic E-state index is 11.2. The first-order valence-corrected chi connectivity index (χ1v) is 6.28. The van der Waals surface area contributed by atoms with Gasteiger partial charge in [-0.15, -0.1) is 0 Å². The average Bonchev–Trinajstić information content (AvgIpc) is 2.28. The molecular formula is C12H10O4S. The quantitative estimate of drug-likeness (QED) is 0.802. The molecule has 17 heavy (non-hydrogen) atoms. The second-order valence-electron chi connectivity index (χ2n) is 3.52. The average molecular weight is 250 g/mol. The van der Waals surface area contributed by atoms with E-state index in [0.29, 0.717) is 11.1 Å². The Morgan fingerprint density at radius 2 is 1.65 bits per heavy atom. The fraction of sp³-hybridized carbons (Fsp3) is 0. The lowest BCUT2D eigenvalue weighted by molar-refractivity contribution is 0.475. The van der Waals surface area contributed by atoms with E-state index in [0.717, 1.165) is 0 Å². The van der Waals surface area contributed by atoms with Gasteiger partial charge >= 0.3 is 0 Å². The highest BCUT2D eigenvalue weighted by Crippen LogP contribution is 2.28. The van der Waals surface area contributed by atoms with Gasteiger partial charge in [0.15, 0.2) is 0 Å². The van der Waals surface area contributed by atoms with Crippen molar-refractivity contribution >= 4 is 10.1 Å². The maximum atomic E-state index is 11.2. The monoisotopic (exact) mass is 250 g/mol. The van der Waals surface area contributed by atoms with Gasteiger partial charge in [0.25, 0.3) is 10.1 Å². The van der Waals surface area contributed by atoms with Crippen LogP contribution in [0.5, 0.6) is 5.75 Å². The number of phenols is 1. The summed E-state index contributed by atoms with van der Waals surface area (Å²) in [4.78, 5) is -0.175. The first-order valence-electron chi connectivity index (χ1n) is 4.84. The van der Waals surface area contributed by atoms with Crippen molar-refractivity contribution in [3.63, 3.8) is 0 Å². The highest BCUT2D eigenvalue weighted by atomic mass is 32.2. The molecule has 2 aromatic carbocycles. The van der Waals surface area contributed by atoms with Crippen LogP contribution in [0.25, 0.3) is 11.1 Å². The molecule has 0 saturated carbocycles. The van der Waals surface area contributed by atoms with E-state index >= 15 is 0 Å². The first-order chi connectivity index (χ1) is 7.98. The molecule has 0 bridgehead atoms. The van der Waals surface area contributed by atoms with Crippen molar-refractivity contribution in [2.24, 2.45) is 0 Å². The summed E-state index contributed by atoms with van der Waals surface area (Å²) in [7, 11) is -4.28. The van der Waals surface area contributed by atoms with Crippen LogP contribution in [0.4, 0.5) is 0 Å². The molecule has 88 valence electrons. The molecule has 2 rings (SSSR count). The third-order valence-corrected chi connectivity index (χ3v) is 3.23. The Kier molecular flexibility index (Phi) is 2.87. The smallest absolute Gasteiger partial charge is 0.295 e. The van der Waals surface area contributed by atoms with Crippen LogP contribution in [-0.4, -0.2) is 18.1 Å². The van der Waals surface area contributed by atoms with E-state index in [1.807, 2.05) is 0 Å². The van der Waals surface area contributed by atoms with Gasteiger partial charge in [0.2, 0.25) is 0 Å². The highest BCUT2D eigenvalue weighted by molar-refractivity contribution is 7.86. The van der Waals surface area contributed by atoms with Gasteiger partial charge in [-0.1, -0.05) is 30.3 Å². The summed E-state index contributed by atoms with van der Waals surface area (Å²) in [6.45, 7) is 0. The second-order valence-corrected chi connectivity index (χ2v) is 4.91. The predicted octanol–water partition coefficient (Wildman–Crippen LogP) is 2.31. The summed E-state index contributed by atoms with van der Waals surface area (Å²) in [6.07, 6.45) is 0. The summed E-state index contributed by atoms with van der Waals surface area (Å²) in [6, 6.07) is 12.2. The summed E-state index contributed by atoms with van der Waals surface area (Å²) < 4.78 is 31.5. The molecule has 4 nitrogen and oxygen atoms in total. The minimum absolute atomic E-state index is 0.0349. The summed E-state index contributed by atoms with van der Waals surface area (Å²) >= 11 is 0. The topological polar surface area (TPSA) is 74.6 Å². The Bertz CT molecular complexity index is 647. The van der Waals surface area contributed by atoms with Gasteiger partial charge < -0.3 is 5.11 Å². The lowest BCUT2D eigenvalue weighted by Crippen LogP contribution is -2.00. The van der Waals surface area contributed by atoms with Crippen molar-refractivity contribution < 1.29 is 18.1 Å². The fourth-order valence-corrected chi connectivity index (χ4v) is 2.32. The van der Waals surface area contributed by atoms with Gasteiger partial charge in [-0.05, 0) is 23.8 Å². The van der Waals surface area contributed by atoms with Crippen molar-refractivity contribution in [3.05, 3.63) is 48.5 Å². The number of rotatable bonds is 2. The molecule has 0 atom stereocenters. The molecule has 0 unspecified atom stereocenters. The van der Waals surface area contributed by atoms with Crippen molar-refractivity contribution in [3.8, 4) is 16.9 Å². The Morgan fingerprint density at radius 3 is 2.29 bits per heavy atom. The Balaban J connectivity index is 2.69. The normalized spacial score (nSPS) is 11.4. The summed E-state index contributed by atoms with van der Waals surface area (Å²) in [5.74, 6) is 0.0349. The van der Waals surface area contributed by atoms with Gasteiger partial charge in [0.1, 0.15) is 10.6 Å². The van der Waals surface area contributed by atoms with Crippen LogP contribution in [-0.2, 0) is 10.1 Å². The van der Waals surface area contributed by atoms with Crippen molar-refractivity contribution in [2.75, 3.05) is 0 Å². The predicted molar refractivity (Wildman–Crippen MR) is 63.4 cm³/mol. The van der Waals surface area contributed by atoms with Crippen molar-refractivity contribution in [2.45, 2.75) is 4.90 Å². The molecule has 0 spiro atoms. The molecule has 2 N–H and O–H groups in total. The van der Waals surface area contributed by atoms with E-state index in [1.54, 1.807) is 24.3 Å². The van der Waals surface area contributed by atoms with Crippen LogP contribution in [0, 0.1) is 0 Å². The van der Waals surface area contributed by atoms with Crippen molar-refractivity contribution in [1.82, 2.24) is 0 Å². The summed E-state index contributed by atoms with van der Waals surface area (Å²) in [5, 5.41) is 9.36. The molecule has 0 fully saturated rings. The zero-order valence-corrected chi connectivity index (χ0v) is 9.55. The highest BCUT2D eigenvalue weighted by Gasteiger charge is 2.15. The molecule has 0 aromatic heterocycles. The molecule has 0 radical (unpaired) electrons. The lowest BCUT2D eigenvalue weighted by atomic mass is 10.1. The molecule has 0 aliphatic carbocycles. The Morgan fingerprint density at radius 1 is 0.941 bits per heavy atom. The number of phenolic OH excluding ortho intramolecular Hbond substituents is 1. The van der Waals surface area contributed by atoms with E-state index in [1.165, 1.54) is 24.3 Å². The van der Waals surface area contributed by atoms with Crippen LogP contribution >= 0.6 is 0 Å². The van der Waals surface area contributed by atoms with E-state index < -0.39 is 10.1 Å². The molecule has 0 amide bonds. The number of benzene rings is 2. The van der Waals surface area contributed by atoms with Crippen LogP contribution < -0.4 is 0 Å². The minimum atomic E-state index is -4.28. The third kappa shape index (κ3) is 2.46. The van der Waals surface area contributed by atoms with E-state index in [4.69, 9.17) is 4.55 Å². The Labute approximate surface area is 98.9 Å². The minimum Gasteiger partial charge on any atom is -0.508 e. The maximum Gasteiger partial charge on any atom is 0.295 e. The van der Waals surface area contributed by atoms with Crippen LogP contribution in [0.3, 0.4) is 0 Å². The van der Waals surface area contributed by atoms with Crippen LogP contribution in [0.15, 0.2) is 53.4 Å². The SMILES string of the molecule is O=S(=O)(O)c1ccccc1-c1cccc(O)c1. The molecule has 5 heteroatoms. The Hall–Kier alpha value is -1.85. The van der Waals surface area contributed by atoms with E-state index in [2.05, 4.69) is 0 Å². The van der Waals surface area contributed by atoms with Crippen LogP contribution in [0.2, 0.25) is 0 Å². The molecule has 0 aliphatic heterocycles. The largest absolute Gasteiger partial charge is 0.508 e. The van der Waals surface area contributed by atoms with Gasteiger partial charge in [-0.2, -0.15) is 8.42 Å².